The molecular weight excluding hydrogens is 396 g/mol. The highest BCUT2D eigenvalue weighted by atomic mass is 32.2. The highest BCUT2D eigenvalue weighted by Gasteiger charge is 2.27. The fourth-order valence-electron chi connectivity index (χ4n) is 3.78. The minimum Gasteiger partial charge on any atom is -0.358 e. The zero-order valence-corrected chi connectivity index (χ0v) is 17.7. The van der Waals surface area contributed by atoms with Gasteiger partial charge in [0, 0.05) is 24.7 Å². The average molecular weight is 425 g/mol. The zero-order chi connectivity index (χ0) is 20.1. The second-order valence-corrected chi connectivity index (χ2v) is 9.90. The van der Waals surface area contributed by atoms with E-state index in [9.17, 15) is 13.2 Å². The lowest BCUT2D eigenvalue weighted by Gasteiger charge is -2.30. The molecule has 1 saturated heterocycles. The Kier molecular flexibility index (Phi) is 6.90. The molecule has 0 spiro atoms. The van der Waals surface area contributed by atoms with Crippen molar-refractivity contribution < 1.29 is 13.2 Å². The van der Waals surface area contributed by atoms with Crippen molar-refractivity contribution in [2.75, 3.05) is 13.1 Å². The zero-order valence-electron chi connectivity index (χ0n) is 16.1. The molecule has 2 atom stereocenters. The van der Waals surface area contributed by atoms with Crippen LogP contribution in [0.1, 0.15) is 55.8 Å². The molecule has 0 aromatic heterocycles. The van der Waals surface area contributed by atoms with Crippen molar-refractivity contribution in [2.24, 2.45) is 5.92 Å². The summed E-state index contributed by atoms with van der Waals surface area (Å²) in [6, 6.07) is 6.30. The number of benzene rings is 1. The number of nitrogens with zero attached hydrogens (tertiary/aromatic N) is 1. The molecule has 0 unspecified atom stereocenters. The molecule has 1 saturated carbocycles. The van der Waals surface area contributed by atoms with Gasteiger partial charge in [0.05, 0.1) is 4.90 Å². The molecule has 0 radical (unpaired) electrons. The van der Waals surface area contributed by atoms with Gasteiger partial charge >= 0.3 is 0 Å². The molecular formula is C19H28N4O3S2. The van der Waals surface area contributed by atoms with Crippen molar-refractivity contribution in [1.82, 2.24) is 20.5 Å². The first-order valence-electron chi connectivity index (χ1n) is 9.85. The molecule has 154 valence electrons. The van der Waals surface area contributed by atoms with Crippen LogP contribution in [0.4, 0.5) is 0 Å². The van der Waals surface area contributed by atoms with Crippen LogP contribution in [0.25, 0.3) is 0 Å². The maximum Gasteiger partial charge on any atom is 0.269 e. The van der Waals surface area contributed by atoms with Crippen LogP contribution in [0, 0.1) is 5.92 Å². The summed E-state index contributed by atoms with van der Waals surface area (Å²) >= 11 is 5.27. The third kappa shape index (κ3) is 5.01. The fraction of sp³-hybridized carbons (Fsp3) is 0.579. The maximum absolute atomic E-state index is 12.5. The molecule has 2 aliphatic rings. The molecule has 3 N–H and O–H groups in total. The van der Waals surface area contributed by atoms with E-state index >= 15 is 0 Å². The molecule has 2 fully saturated rings. The normalized spacial score (nSPS) is 23.2. The predicted octanol–water partition coefficient (Wildman–Crippen LogP) is 2.16. The highest BCUT2D eigenvalue weighted by molar-refractivity contribution is 7.89. The lowest BCUT2D eigenvalue weighted by atomic mass is 9.86. The molecule has 1 aromatic rings. The van der Waals surface area contributed by atoms with Gasteiger partial charge in [-0.25, -0.2) is 8.42 Å². The quantitative estimate of drug-likeness (QED) is 0.507. The number of nitrogens with one attached hydrogen (secondary N) is 3. The van der Waals surface area contributed by atoms with Crippen LogP contribution in [0.2, 0.25) is 0 Å². The first-order chi connectivity index (χ1) is 13.4. The van der Waals surface area contributed by atoms with Crippen molar-refractivity contribution in [1.29, 1.82) is 0 Å². The minimum absolute atomic E-state index is 0.211. The summed E-state index contributed by atoms with van der Waals surface area (Å²) in [6.45, 7) is 3.31. The van der Waals surface area contributed by atoms with Crippen molar-refractivity contribution in [2.45, 2.75) is 56.4 Å². The number of hydrogen-bond donors (Lipinski definition) is 3. The first-order valence-corrected chi connectivity index (χ1v) is 11.7. The Bertz CT molecular complexity index is 805. The lowest BCUT2D eigenvalue weighted by Crippen LogP contribution is -2.51. The van der Waals surface area contributed by atoms with E-state index in [2.05, 4.69) is 23.1 Å². The Morgan fingerprint density at radius 1 is 1.04 bits per heavy atom. The summed E-state index contributed by atoms with van der Waals surface area (Å²) in [5, 5.41) is 3.65. The van der Waals surface area contributed by atoms with E-state index in [1.54, 1.807) is 0 Å². The van der Waals surface area contributed by atoms with E-state index < -0.39 is 10.0 Å². The molecule has 1 heterocycles. The monoisotopic (exact) mass is 424 g/mol. The Labute approximate surface area is 172 Å². The molecule has 1 aliphatic carbocycles. The second-order valence-electron chi connectivity index (χ2n) is 7.56. The molecule has 1 amide bonds. The number of sulfonamides is 1. The van der Waals surface area contributed by atoms with Gasteiger partial charge in [0.1, 0.15) is 0 Å². The minimum atomic E-state index is -3.47. The number of rotatable bonds is 4. The molecule has 1 aromatic carbocycles. The molecule has 0 bridgehead atoms. The second kappa shape index (κ2) is 9.19. The summed E-state index contributed by atoms with van der Waals surface area (Å²) in [5.74, 6) is 0.181. The third-order valence-corrected chi connectivity index (χ3v) is 7.67. The van der Waals surface area contributed by atoms with Crippen LogP contribution in [0.5, 0.6) is 0 Å². The summed E-state index contributed by atoms with van der Waals surface area (Å²) in [6.07, 6.45) is 6.46. The maximum atomic E-state index is 12.5. The third-order valence-electron chi connectivity index (χ3n) is 5.54. The van der Waals surface area contributed by atoms with E-state index in [-0.39, 0.29) is 10.8 Å². The SMILES string of the molecule is C[C@@H]1CCCC[C@H]1NC(=S)NNC(=O)c1ccc(S(=O)(=O)N2CCCC2)cc1. The number of hydrogen-bond acceptors (Lipinski definition) is 4. The summed E-state index contributed by atoms with van der Waals surface area (Å²) in [7, 11) is -3.47. The smallest absolute Gasteiger partial charge is 0.269 e. The Hall–Kier alpha value is -1.71. The van der Waals surface area contributed by atoms with Gasteiger partial charge < -0.3 is 5.32 Å². The van der Waals surface area contributed by atoms with Crippen LogP contribution in [-0.2, 0) is 10.0 Å². The van der Waals surface area contributed by atoms with Crippen molar-refractivity contribution >= 4 is 33.3 Å². The largest absolute Gasteiger partial charge is 0.358 e. The molecule has 28 heavy (non-hydrogen) atoms. The summed E-state index contributed by atoms with van der Waals surface area (Å²) in [4.78, 5) is 12.5. The molecule has 7 nitrogen and oxygen atoms in total. The lowest BCUT2D eigenvalue weighted by molar-refractivity contribution is 0.0943. The van der Waals surface area contributed by atoms with Gasteiger partial charge in [0.2, 0.25) is 10.0 Å². The van der Waals surface area contributed by atoms with Gasteiger partial charge in [-0.1, -0.05) is 19.8 Å². The molecule has 9 heteroatoms. The van der Waals surface area contributed by atoms with Gasteiger partial charge in [-0.05, 0) is 68.1 Å². The highest BCUT2D eigenvalue weighted by Crippen LogP contribution is 2.23. The van der Waals surface area contributed by atoms with E-state index in [1.807, 2.05) is 0 Å². The number of amides is 1. The number of carbonyl (C=O) groups is 1. The van der Waals surface area contributed by atoms with E-state index in [4.69, 9.17) is 12.2 Å². The molecule has 3 rings (SSSR count). The Morgan fingerprint density at radius 3 is 2.32 bits per heavy atom. The van der Waals surface area contributed by atoms with Crippen LogP contribution < -0.4 is 16.2 Å². The van der Waals surface area contributed by atoms with Gasteiger partial charge in [0.25, 0.3) is 5.91 Å². The predicted molar refractivity (Wildman–Crippen MR) is 112 cm³/mol. The van der Waals surface area contributed by atoms with Gasteiger partial charge in [-0.2, -0.15) is 4.31 Å². The number of thiocarbonyl (C=S) groups is 1. The summed E-state index contributed by atoms with van der Waals surface area (Å²) in [5.41, 5.74) is 5.66. The van der Waals surface area contributed by atoms with Crippen LogP contribution in [0.3, 0.4) is 0 Å². The van der Waals surface area contributed by atoms with Crippen LogP contribution >= 0.6 is 12.2 Å². The standard InChI is InChI=1S/C19H28N4O3S2/c1-14-6-2-3-7-17(14)20-19(27)22-21-18(24)15-8-10-16(11-9-15)28(25,26)23-12-4-5-13-23/h8-11,14,17H,2-7,12-13H2,1H3,(H,21,24)(H2,20,22,27)/t14-,17-/m1/s1. The van der Waals surface area contributed by atoms with Crippen molar-refractivity contribution in [3.63, 3.8) is 0 Å². The Morgan fingerprint density at radius 2 is 1.68 bits per heavy atom. The van der Waals surface area contributed by atoms with Gasteiger partial charge in [0.15, 0.2) is 5.11 Å². The fourth-order valence-corrected chi connectivity index (χ4v) is 5.50. The number of carbonyl (C=O) groups excluding carboxylic acids is 1. The van der Waals surface area contributed by atoms with E-state index in [0.717, 1.165) is 19.3 Å². The van der Waals surface area contributed by atoms with Gasteiger partial charge in [-0.15, -0.1) is 0 Å². The van der Waals surface area contributed by atoms with E-state index in [0.29, 0.717) is 35.7 Å². The topological polar surface area (TPSA) is 90.5 Å². The Balaban J connectivity index is 1.52. The van der Waals surface area contributed by atoms with Crippen molar-refractivity contribution in [3.05, 3.63) is 29.8 Å². The first kappa shape index (κ1) is 21.0. The van der Waals surface area contributed by atoms with Crippen LogP contribution in [0.15, 0.2) is 29.2 Å². The van der Waals surface area contributed by atoms with E-state index in [1.165, 1.54) is 47.8 Å². The van der Waals surface area contributed by atoms with Crippen LogP contribution in [-0.4, -0.2) is 42.9 Å². The van der Waals surface area contributed by atoms with Crippen molar-refractivity contribution in [3.8, 4) is 0 Å². The molecule has 1 aliphatic heterocycles. The summed E-state index contributed by atoms with van der Waals surface area (Å²) < 4.78 is 26.6. The van der Waals surface area contributed by atoms with Gasteiger partial charge in [-0.3, -0.25) is 15.6 Å². The number of hydrazine groups is 1. The average Bonchev–Trinajstić information content (AvgIpc) is 3.24.